The van der Waals surface area contributed by atoms with Crippen molar-refractivity contribution in [2.75, 3.05) is 6.79 Å². The molecular formula is C22H17BrN2O4. The van der Waals surface area contributed by atoms with Gasteiger partial charge in [-0.1, -0.05) is 60.7 Å². The van der Waals surface area contributed by atoms with E-state index in [2.05, 4.69) is 26.5 Å². The van der Waals surface area contributed by atoms with Gasteiger partial charge in [0.15, 0.2) is 17.1 Å². The summed E-state index contributed by atoms with van der Waals surface area (Å²) in [5, 5.41) is 15.4. The van der Waals surface area contributed by atoms with Gasteiger partial charge in [-0.05, 0) is 39.2 Å². The van der Waals surface area contributed by atoms with E-state index in [1.807, 2.05) is 12.1 Å². The Morgan fingerprint density at radius 1 is 1.00 bits per heavy atom. The highest BCUT2D eigenvalue weighted by Gasteiger charge is 2.39. The maximum Gasteiger partial charge on any atom is 0.281 e. The molecule has 0 bridgehead atoms. The van der Waals surface area contributed by atoms with Crippen molar-refractivity contribution in [1.29, 1.82) is 0 Å². The molecule has 3 aromatic rings. The fourth-order valence-corrected chi connectivity index (χ4v) is 3.49. The van der Waals surface area contributed by atoms with Gasteiger partial charge < -0.3 is 14.6 Å². The Hall–Kier alpha value is -3.16. The number of nitrogens with zero attached hydrogens (tertiary/aromatic N) is 1. The Kier molecular flexibility index (Phi) is 5.33. The van der Waals surface area contributed by atoms with Gasteiger partial charge in [0.05, 0.1) is 6.21 Å². The average molecular weight is 453 g/mol. The summed E-state index contributed by atoms with van der Waals surface area (Å²) >= 11 is 3.44. The number of hydrogen-bond donors (Lipinski definition) is 2. The molecule has 1 amide bonds. The molecule has 1 aliphatic heterocycles. The molecule has 3 aromatic carbocycles. The third-order valence-corrected chi connectivity index (χ3v) is 5.26. The average Bonchev–Trinajstić information content (AvgIpc) is 3.21. The molecule has 7 heteroatoms. The standard InChI is InChI=1S/C22H17BrN2O4/c23-18-12-20-19(28-14-29-20)11-15(18)13-24-25-21(26)22(27,16-7-3-1-4-8-16)17-9-5-2-6-10-17/h1-13,27H,14H2,(H,25,26)/b24-13+. The van der Waals surface area contributed by atoms with Gasteiger partial charge in [-0.3, -0.25) is 4.79 Å². The topological polar surface area (TPSA) is 80.2 Å². The van der Waals surface area contributed by atoms with E-state index in [1.54, 1.807) is 60.7 Å². The molecule has 0 saturated carbocycles. The predicted molar refractivity (Wildman–Crippen MR) is 112 cm³/mol. The molecule has 0 atom stereocenters. The lowest BCUT2D eigenvalue weighted by molar-refractivity contribution is -0.136. The van der Waals surface area contributed by atoms with Crippen molar-refractivity contribution < 1.29 is 19.4 Å². The maximum absolute atomic E-state index is 13.0. The van der Waals surface area contributed by atoms with Crippen molar-refractivity contribution in [1.82, 2.24) is 5.43 Å². The van der Waals surface area contributed by atoms with Gasteiger partial charge in [0.2, 0.25) is 6.79 Å². The van der Waals surface area contributed by atoms with E-state index in [0.29, 0.717) is 28.2 Å². The molecule has 4 rings (SSSR count). The second-order valence-electron chi connectivity index (χ2n) is 6.37. The highest BCUT2D eigenvalue weighted by Crippen LogP contribution is 2.36. The zero-order chi connectivity index (χ0) is 20.3. The quantitative estimate of drug-likeness (QED) is 0.458. The first-order valence-corrected chi connectivity index (χ1v) is 9.64. The first-order chi connectivity index (χ1) is 14.1. The van der Waals surface area contributed by atoms with Crippen LogP contribution in [0.4, 0.5) is 0 Å². The summed E-state index contributed by atoms with van der Waals surface area (Å²) in [6.07, 6.45) is 1.47. The van der Waals surface area contributed by atoms with Crippen LogP contribution in [0.5, 0.6) is 11.5 Å². The molecule has 0 unspecified atom stereocenters. The highest BCUT2D eigenvalue weighted by atomic mass is 79.9. The minimum absolute atomic E-state index is 0.167. The predicted octanol–water partition coefficient (Wildman–Crippen LogP) is 3.56. The number of hydrogen-bond acceptors (Lipinski definition) is 5. The Morgan fingerprint density at radius 2 is 1.55 bits per heavy atom. The summed E-state index contributed by atoms with van der Waals surface area (Å²) in [5.41, 5.74) is 2.16. The number of ether oxygens (including phenoxy) is 2. The van der Waals surface area contributed by atoms with E-state index in [1.165, 1.54) is 6.21 Å². The number of nitrogens with one attached hydrogen (secondary N) is 1. The first kappa shape index (κ1) is 19.2. The number of benzene rings is 3. The van der Waals surface area contributed by atoms with E-state index < -0.39 is 11.5 Å². The Morgan fingerprint density at radius 3 is 2.14 bits per heavy atom. The second kappa shape index (κ2) is 8.06. The Bertz CT molecular complexity index is 1020. The van der Waals surface area contributed by atoms with Crippen LogP contribution in [0.3, 0.4) is 0 Å². The molecule has 6 nitrogen and oxygen atoms in total. The molecule has 0 aromatic heterocycles. The molecule has 29 heavy (non-hydrogen) atoms. The molecule has 2 N–H and O–H groups in total. The van der Waals surface area contributed by atoms with Crippen LogP contribution in [0.1, 0.15) is 16.7 Å². The highest BCUT2D eigenvalue weighted by molar-refractivity contribution is 9.10. The van der Waals surface area contributed by atoms with Crippen molar-refractivity contribution in [3.63, 3.8) is 0 Å². The summed E-state index contributed by atoms with van der Waals surface area (Å²) in [4.78, 5) is 13.0. The van der Waals surface area contributed by atoms with Crippen LogP contribution in [0.25, 0.3) is 0 Å². The lowest BCUT2D eigenvalue weighted by Crippen LogP contribution is -2.43. The normalized spacial score (nSPS) is 12.9. The van der Waals surface area contributed by atoms with Crippen LogP contribution in [-0.4, -0.2) is 24.0 Å². The van der Waals surface area contributed by atoms with Crippen molar-refractivity contribution >= 4 is 28.1 Å². The van der Waals surface area contributed by atoms with Gasteiger partial charge in [-0.15, -0.1) is 0 Å². The molecular weight excluding hydrogens is 436 g/mol. The molecule has 1 aliphatic rings. The summed E-state index contributed by atoms with van der Waals surface area (Å²) in [6.45, 7) is 0.167. The van der Waals surface area contributed by atoms with Crippen LogP contribution in [0.2, 0.25) is 0 Å². The molecule has 1 heterocycles. The van der Waals surface area contributed by atoms with Crippen LogP contribution >= 0.6 is 15.9 Å². The largest absolute Gasteiger partial charge is 0.454 e. The van der Waals surface area contributed by atoms with Crippen LogP contribution < -0.4 is 14.9 Å². The number of carbonyl (C=O) groups excluding carboxylic acids is 1. The van der Waals surface area contributed by atoms with Gasteiger partial charge in [-0.2, -0.15) is 5.10 Å². The lowest BCUT2D eigenvalue weighted by atomic mass is 9.85. The maximum atomic E-state index is 13.0. The van der Waals surface area contributed by atoms with Crippen molar-refractivity contribution in [3.05, 3.63) is 94.0 Å². The van der Waals surface area contributed by atoms with E-state index >= 15 is 0 Å². The summed E-state index contributed by atoms with van der Waals surface area (Å²) < 4.78 is 11.4. The van der Waals surface area contributed by atoms with Crippen molar-refractivity contribution in [2.45, 2.75) is 5.60 Å². The Balaban J connectivity index is 1.60. The molecule has 0 spiro atoms. The molecule has 0 fully saturated rings. The Labute approximate surface area is 175 Å². The number of halogens is 1. The van der Waals surface area contributed by atoms with Crippen LogP contribution in [0.15, 0.2) is 82.4 Å². The summed E-state index contributed by atoms with van der Waals surface area (Å²) in [6, 6.07) is 21.0. The SMILES string of the molecule is O=C(N/N=C/c1cc2c(cc1Br)OCO2)C(O)(c1ccccc1)c1ccccc1. The zero-order valence-electron chi connectivity index (χ0n) is 15.2. The molecule has 0 aliphatic carbocycles. The number of fused-ring (bicyclic) bond motifs is 1. The number of hydrazone groups is 1. The fourth-order valence-electron chi connectivity index (χ4n) is 3.06. The van der Waals surface area contributed by atoms with E-state index in [4.69, 9.17) is 9.47 Å². The third-order valence-electron chi connectivity index (χ3n) is 4.57. The number of rotatable bonds is 5. The monoisotopic (exact) mass is 452 g/mol. The number of amides is 1. The zero-order valence-corrected chi connectivity index (χ0v) is 16.8. The van der Waals surface area contributed by atoms with Crippen LogP contribution in [0, 0.1) is 0 Å². The minimum Gasteiger partial charge on any atom is -0.454 e. The van der Waals surface area contributed by atoms with Gasteiger partial charge in [0.25, 0.3) is 5.91 Å². The summed E-state index contributed by atoms with van der Waals surface area (Å²) in [5.74, 6) is 0.578. The molecule has 0 saturated heterocycles. The smallest absolute Gasteiger partial charge is 0.281 e. The number of carbonyl (C=O) groups is 1. The van der Waals surface area contributed by atoms with Crippen LogP contribution in [-0.2, 0) is 10.4 Å². The second-order valence-corrected chi connectivity index (χ2v) is 7.22. The first-order valence-electron chi connectivity index (χ1n) is 8.85. The van der Waals surface area contributed by atoms with E-state index in [9.17, 15) is 9.90 Å². The fraction of sp³-hybridized carbons (Fsp3) is 0.0909. The van der Waals surface area contributed by atoms with Gasteiger partial charge in [0, 0.05) is 10.0 Å². The van der Waals surface area contributed by atoms with Crippen molar-refractivity contribution in [3.8, 4) is 11.5 Å². The van der Waals surface area contributed by atoms with E-state index in [-0.39, 0.29) is 6.79 Å². The van der Waals surface area contributed by atoms with Crippen molar-refractivity contribution in [2.24, 2.45) is 5.10 Å². The van der Waals surface area contributed by atoms with E-state index in [0.717, 1.165) is 4.47 Å². The molecule has 146 valence electrons. The molecule has 0 radical (unpaired) electrons. The van der Waals surface area contributed by atoms with Gasteiger partial charge in [0.1, 0.15) is 0 Å². The summed E-state index contributed by atoms with van der Waals surface area (Å²) in [7, 11) is 0. The lowest BCUT2D eigenvalue weighted by Gasteiger charge is -2.27. The van der Waals surface area contributed by atoms with Gasteiger partial charge >= 0.3 is 0 Å². The third kappa shape index (κ3) is 3.74. The number of aliphatic hydroxyl groups is 1. The minimum atomic E-state index is -1.88. The van der Waals surface area contributed by atoms with Gasteiger partial charge in [-0.25, -0.2) is 5.43 Å².